The first-order valence-corrected chi connectivity index (χ1v) is 7.27. The number of nitrogens with one attached hydrogen (secondary N) is 1. The summed E-state index contributed by atoms with van der Waals surface area (Å²) in [6.07, 6.45) is 1.30. The fourth-order valence-corrected chi connectivity index (χ4v) is 1.99. The normalized spacial score (nSPS) is 11.2. The Hall–Kier alpha value is -2.35. The summed E-state index contributed by atoms with van der Waals surface area (Å²) in [6, 6.07) is 9.54. The van der Waals surface area contributed by atoms with Crippen molar-refractivity contribution >= 4 is 29.6 Å². The molecule has 3 N–H and O–H groups in total. The summed E-state index contributed by atoms with van der Waals surface area (Å²) in [5, 5.41) is 3.74. The Morgan fingerprint density at radius 1 is 1.32 bits per heavy atom. The van der Waals surface area contributed by atoms with E-state index in [0.29, 0.717) is 34.5 Å². The number of benzene rings is 1. The van der Waals surface area contributed by atoms with E-state index >= 15 is 0 Å². The van der Waals surface area contributed by atoms with Crippen molar-refractivity contribution in [1.29, 1.82) is 0 Å². The van der Waals surface area contributed by atoms with Gasteiger partial charge in [-0.15, -0.1) is 0 Å². The number of hydrazone groups is 1. The van der Waals surface area contributed by atoms with E-state index in [9.17, 15) is 13.6 Å². The number of nitrogens with zero attached hydrogens (tertiary/aromatic N) is 1. The minimum atomic E-state index is -2.44. The van der Waals surface area contributed by atoms with Gasteiger partial charge in [-0.25, -0.2) is 5.43 Å². The number of rotatable bonds is 6. The van der Waals surface area contributed by atoms with Gasteiger partial charge in [-0.3, -0.25) is 4.79 Å². The Morgan fingerprint density at radius 3 is 2.73 bits per heavy atom. The number of thioether (sulfide) groups is 1. The minimum absolute atomic E-state index is 0.0727. The lowest BCUT2D eigenvalue weighted by Gasteiger charge is -1.99. The Balaban J connectivity index is 1.87. The van der Waals surface area contributed by atoms with Gasteiger partial charge in [0, 0.05) is 11.3 Å². The van der Waals surface area contributed by atoms with Gasteiger partial charge >= 0.3 is 0 Å². The monoisotopic (exact) mass is 325 g/mol. The van der Waals surface area contributed by atoms with Crippen LogP contribution >= 0.6 is 11.8 Å². The third-order valence-corrected chi connectivity index (χ3v) is 3.27. The summed E-state index contributed by atoms with van der Waals surface area (Å²) in [6.45, 7) is 0. The third-order valence-electron chi connectivity index (χ3n) is 2.56. The molecule has 0 radical (unpaired) electrons. The van der Waals surface area contributed by atoms with Gasteiger partial charge in [0.15, 0.2) is 0 Å². The average Bonchev–Trinajstić information content (AvgIpc) is 2.93. The van der Waals surface area contributed by atoms with Crippen molar-refractivity contribution in [3.8, 4) is 0 Å². The van der Waals surface area contributed by atoms with Crippen molar-refractivity contribution in [3.63, 3.8) is 0 Å². The number of alkyl halides is 2. The molecule has 0 aliphatic heterocycles. The van der Waals surface area contributed by atoms with Gasteiger partial charge in [-0.2, -0.15) is 13.9 Å². The molecule has 5 nitrogen and oxygen atoms in total. The van der Waals surface area contributed by atoms with Gasteiger partial charge in [-0.1, -0.05) is 11.8 Å². The fraction of sp³-hybridized carbons (Fsp3) is 0.143. The van der Waals surface area contributed by atoms with Gasteiger partial charge in [0.05, 0.1) is 12.0 Å². The number of furan rings is 1. The second kappa shape index (κ2) is 7.60. The van der Waals surface area contributed by atoms with Gasteiger partial charge in [0.2, 0.25) is 0 Å². The number of amides is 1. The summed E-state index contributed by atoms with van der Waals surface area (Å²) in [5.74, 6) is -1.99. The van der Waals surface area contributed by atoms with Crippen LogP contribution in [0.25, 0.3) is 0 Å². The summed E-state index contributed by atoms with van der Waals surface area (Å²) < 4.78 is 29.4. The Kier molecular flexibility index (Phi) is 5.54. The number of halogens is 2. The smallest absolute Gasteiger partial charge is 0.284 e. The zero-order valence-electron chi connectivity index (χ0n) is 11.3. The fourth-order valence-electron chi connectivity index (χ4n) is 1.54. The van der Waals surface area contributed by atoms with Crippen molar-refractivity contribution in [1.82, 2.24) is 5.43 Å². The second-order valence-electron chi connectivity index (χ2n) is 4.20. The van der Waals surface area contributed by atoms with Gasteiger partial charge in [0.1, 0.15) is 11.5 Å². The predicted molar refractivity (Wildman–Crippen MR) is 81.9 cm³/mol. The lowest BCUT2D eigenvalue weighted by molar-refractivity contribution is 0.0955. The van der Waals surface area contributed by atoms with E-state index in [2.05, 4.69) is 10.5 Å². The first kappa shape index (κ1) is 16.0. The second-order valence-corrected chi connectivity index (χ2v) is 5.18. The van der Waals surface area contributed by atoms with Crippen LogP contribution in [0.1, 0.15) is 21.9 Å². The number of nitrogen functional groups attached to an aromatic ring is 1. The van der Waals surface area contributed by atoms with Crippen LogP contribution in [0.4, 0.5) is 14.5 Å². The van der Waals surface area contributed by atoms with E-state index in [0.717, 1.165) is 0 Å². The van der Waals surface area contributed by atoms with Crippen LogP contribution < -0.4 is 11.2 Å². The zero-order chi connectivity index (χ0) is 15.9. The number of hydrogen-bond donors (Lipinski definition) is 2. The van der Waals surface area contributed by atoms with Crippen LogP contribution in [-0.2, 0) is 5.75 Å². The van der Waals surface area contributed by atoms with Crippen LogP contribution in [0.2, 0.25) is 0 Å². The highest BCUT2D eigenvalue weighted by Crippen LogP contribution is 2.20. The molecular weight excluding hydrogens is 312 g/mol. The molecule has 0 spiro atoms. The van der Waals surface area contributed by atoms with Crippen LogP contribution in [0.15, 0.2) is 45.9 Å². The number of anilines is 1. The molecular formula is C14H13F2N3O2S. The molecule has 1 aromatic heterocycles. The highest BCUT2D eigenvalue weighted by Gasteiger charge is 2.07. The van der Waals surface area contributed by atoms with E-state index in [4.69, 9.17) is 10.2 Å². The van der Waals surface area contributed by atoms with Crippen molar-refractivity contribution in [2.75, 3.05) is 5.73 Å². The van der Waals surface area contributed by atoms with E-state index in [1.165, 1.54) is 6.21 Å². The minimum Gasteiger partial charge on any atom is -0.459 e. The SMILES string of the molecule is Nc1ccc(C(=O)N/N=C\c2ccc(CSC(F)F)o2)cc1. The van der Waals surface area contributed by atoms with Crippen LogP contribution in [-0.4, -0.2) is 17.9 Å². The van der Waals surface area contributed by atoms with E-state index in [1.807, 2.05) is 0 Å². The Morgan fingerprint density at radius 2 is 2.05 bits per heavy atom. The van der Waals surface area contributed by atoms with Crippen molar-refractivity contribution in [2.24, 2.45) is 5.10 Å². The maximum Gasteiger partial charge on any atom is 0.284 e. The summed E-state index contributed by atoms with van der Waals surface area (Å²) in [4.78, 5) is 11.7. The van der Waals surface area contributed by atoms with Crippen molar-refractivity contribution < 1.29 is 18.0 Å². The average molecular weight is 325 g/mol. The lowest BCUT2D eigenvalue weighted by atomic mass is 10.2. The number of carbonyl (C=O) groups excluding carboxylic acids is 1. The first-order chi connectivity index (χ1) is 10.5. The van der Waals surface area contributed by atoms with Crippen LogP contribution in [0.3, 0.4) is 0 Å². The van der Waals surface area contributed by atoms with Gasteiger partial charge in [0.25, 0.3) is 11.7 Å². The molecule has 1 aromatic carbocycles. The zero-order valence-corrected chi connectivity index (χ0v) is 12.1. The Labute approximate surface area is 129 Å². The maximum absolute atomic E-state index is 12.0. The molecule has 0 aliphatic carbocycles. The predicted octanol–water partition coefficient (Wildman–Crippen LogP) is 3.08. The molecule has 0 saturated heterocycles. The third kappa shape index (κ3) is 4.88. The molecule has 0 bridgehead atoms. The summed E-state index contributed by atoms with van der Waals surface area (Å²) >= 11 is 0.473. The summed E-state index contributed by atoms with van der Waals surface area (Å²) in [5.41, 5.74) is 8.83. The molecule has 1 heterocycles. The highest BCUT2D eigenvalue weighted by molar-refractivity contribution is 7.98. The van der Waals surface area contributed by atoms with E-state index in [-0.39, 0.29) is 5.75 Å². The van der Waals surface area contributed by atoms with E-state index < -0.39 is 11.7 Å². The van der Waals surface area contributed by atoms with Crippen LogP contribution in [0, 0.1) is 0 Å². The molecule has 116 valence electrons. The molecule has 0 fully saturated rings. The first-order valence-electron chi connectivity index (χ1n) is 6.22. The van der Waals surface area contributed by atoms with Crippen molar-refractivity contribution in [3.05, 3.63) is 53.5 Å². The summed E-state index contributed by atoms with van der Waals surface area (Å²) in [7, 11) is 0. The highest BCUT2D eigenvalue weighted by atomic mass is 32.2. The standard InChI is InChI=1S/C14H13F2N3O2S/c15-14(16)22-8-12-6-5-11(21-12)7-18-19-13(20)9-1-3-10(17)4-2-9/h1-7,14H,8,17H2,(H,19,20)/b18-7-. The van der Waals surface area contributed by atoms with Crippen molar-refractivity contribution in [2.45, 2.75) is 11.5 Å². The maximum atomic E-state index is 12.0. The quantitative estimate of drug-likeness (QED) is 0.486. The lowest BCUT2D eigenvalue weighted by Crippen LogP contribution is -2.17. The van der Waals surface area contributed by atoms with E-state index in [1.54, 1.807) is 36.4 Å². The Bertz CT molecular complexity index is 656. The molecule has 0 atom stereocenters. The van der Waals surface area contributed by atoms with Gasteiger partial charge < -0.3 is 10.2 Å². The van der Waals surface area contributed by atoms with Crippen LogP contribution in [0.5, 0.6) is 0 Å². The molecule has 0 saturated carbocycles. The molecule has 8 heteroatoms. The topological polar surface area (TPSA) is 80.6 Å². The number of carbonyl (C=O) groups is 1. The van der Waals surface area contributed by atoms with Gasteiger partial charge in [-0.05, 0) is 36.4 Å². The largest absolute Gasteiger partial charge is 0.459 e. The number of nitrogens with two attached hydrogens (primary N) is 1. The molecule has 22 heavy (non-hydrogen) atoms. The molecule has 2 rings (SSSR count). The number of hydrogen-bond acceptors (Lipinski definition) is 5. The molecule has 0 aliphatic rings. The molecule has 1 amide bonds. The molecule has 2 aromatic rings. The molecule has 0 unspecified atom stereocenters.